The van der Waals surface area contributed by atoms with Gasteiger partial charge in [0.2, 0.25) is 5.79 Å². The predicted octanol–water partition coefficient (Wildman–Crippen LogP) is 2.79. The van der Waals surface area contributed by atoms with Crippen LogP contribution in [-0.4, -0.2) is 21.8 Å². The summed E-state index contributed by atoms with van der Waals surface area (Å²) in [5.74, 6) is -2.54. The number of ketones is 1. The molecule has 0 spiro atoms. The molecule has 0 atom stereocenters. The highest BCUT2D eigenvalue weighted by Crippen LogP contribution is 2.13. The summed E-state index contributed by atoms with van der Waals surface area (Å²) in [4.78, 5) is 11.3. The van der Waals surface area contributed by atoms with Crippen molar-refractivity contribution >= 4 is 5.78 Å². The van der Waals surface area contributed by atoms with Crippen LogP contribution in [0.15, 0.2) is 0 Å². The molecule has 0 aliphatic rings. The van der Waals surface area contributed by atoms with E-state index in [0.29, 0.717) is 0 Å². The van der Waals surface area contributed by atoms with Gasteiger partial charge < -0.3 is 10.2 Å². The van der Waals surface area contributed by atoms with Crippen molar-refractivity contribution in [2.75, 3.05) is 0 Å². The lowest BCUT2D eigenvalue weighted by atomic mass is 10.0. The van der Waals surface area contributed by atoms with E-state index in [4.69, 9.17) is 0 Å². The minimum Gasteiger partial charge on any atom is -0.360 e. The Bertz CT molecular complexity index is 188. The fourth-order valence-electron chi connectivity index (χ4n) is 1.64. The molecule has 3 nitrogen and oxygen atoms in total. The molecular formula is C13H26O3. The van der Waals surface area contributed by atoms with Crippen LogP contribution in [0.1, 0.15) is 71.6 Å². The average Bonchev–Trinajstić information content (AvgIpc) is 2.27. The van der Waals surface area contributed by atoms with Crippen LogP contribution < -0.4 is 0 Å². The number of aliphatic hydroxyl groups is 2. The number of carbonyl (C=O) groups excluding carboxylic acids is 1. The van der Waals surface area contributed by atoms with Crippen molar-refractivity contribution < 1.29 is 15.0 Å². The van der Waals surface area contributed by atoms with Crippen molar-refractivity contribution in [3.05, 3.63) is 0 Å². The standard InChI is InChI=1S/C13H26O3/c1-3-5-6-7-8-9-10-11-12(14)13(15,16)4-2/h15-16H,3-11H2,1-2H3. The molecule has 0 saturated heterocycles. The molecule has 3 heteroatoms. The van der Waals surface area contributed by atoms with Gasteiger partial charge in [0.1, 0.15) is 0 Å². The fourth-order valence-corrected chi connectivity index (χ4v) is 1.64. The van der Waals surface area contributed by atoms with Gasteiger partial charge in [0.25, 0.3) is 0 Å². The molecule has 0 unspecified atom stereocenters. The Labute approximate surface area is 98.9 Å². The third kappa shape index (κ3) is 6.96. The van der Waals surface area contributed by atoms with Crippen LogP contribution in [0.25, 0.3) is 0 Å². The molecule has 0 aromatic heterocycles. The molecule has 0 fully saturated rings. The van der Waals surface area contributed by atoms with Gasteiger partial charge in [-0.2, -0.15) is 0 Å². The van der Waals surface area contributed by atoms with E-state index >= 15 is 0 Å². The molecule has 0 heterocycles. The zero-order valence-corrected chi connectivity index (χ0v) is 10.7. The third-order valence-electron chi connectivity index (χ3n) is 2.95. The summed E-state index contributed by atoms with van der Waals surface area (Å²) in [7, 11) is 0. The highest BCUT2D eigenvalue weighted by atomic mass is 16.5. The number of hydrogen-bond donors (Lipinski definition) is 2. The summed E-state index contributed by atoms with van der Waals surface area (Å²) < 4.78 is 0. The minimum absolute atomic E-state index is 0.0718. The van der Waals surface area contributed by atoms with Gasteiger partial charge in [-0.25, -0.2) is 0 Å². The first kappa shape index (κ1) is 15.6. The molecule has 0 saturated carbocycles. The monoisotopic (exact) mass is 230 g/mol. The average molecular weight is 230 g/mol. The Morgan fingerprint density at radius 3 is 1.94 bits per heavy atom. The van der Waals surface area contributed by atoms with E-state index in [-0.39, 0.29) is 12.8 Å². The van der Waals surface area contributed by atoms with Crippen LogP contribution in [0.2, 0.25) is 0 Å². The maximum atomic E-state index is 11.3. The first-order chi connectivity index (χ1) is 7.54. The molecule has 0 aliphatic heterocycles. The lowest BCUT2D eigenvalue weighted by Gasteiger charge is -2.17. The van der Waals surface area contributed by atoms with Gasteiger partial charge in [-0.3, -0.25) is 4.79 Å². The maximum Gasteiger partial charge on any atom is 0.223 e. The van der Waals surface area contributed by atoms with E-state index in [9.17, 15) is 15.0 Å². The van der Waals surface area contributed by atoms with Crippen LogP contribution in [-0.2, 0) is 4.79 Å². The molecule has 0 aliphatic carbocycles. The Kier molecular flexibility index (Phi) is 8.49. The summed E-state index contributed by atoms with van der Waals surface area (Å²) in [6.45, 7) is 3.79. The third-order valence-corrected chi connectivity index (χ3v) is 2.95. The van der Waals surface area contributed by atoms with Gasteiger partial charge in [0, 0.05) is 12.8 Å². The van der Waals surface area contributed by atoms with Crippen molar-refractivity contribution in [2.45, 2.75) is 77.4 Å². The number of Topliss-reactive ketones (excluding diaryl/α,β-unsaturated/α-hetero) is 1. The molecule has 0 aromatic rings. The van der Waals surface area contributed by atoms with Crippen LogP contribution in [0, 0.1) is 0 Å². The van der Waals surface area contributed by atoms with Crippen LogP contribution in [0.3, 0.4) is 0 Å². The second-order valence-electron chi connectivity index (χ2n) is 4.46. The molecule has 0 rings (SSSR count). The maximum absolute atomic E-state index is 11.3. The summed E-state index contributed by atoms with van der Waals surface area (Å²) >= 11 is 0. The van der Waals surface area contributed by atoms with E-state index in [0.717, 1.165) is 19.3 Å². The first-order valence-electron chi connectivity index (χ1n) is 6.52. The Balaban J connectivity index is 3.42. The molecule has 16 heavy (non-hydrogen) atoms. The molecule has 0 aromatic carbocycles. The second-order valence-corrected chi connectivity index (χ2v) is 4.46. The van der Waals surface area contributed by atoms with Crippen molar-refractivity contribution in [3.8, 4) is 0 Å². The number of hydrogen-bond acceptors (Lipinski definition) is 3. The minimum atomic E-state index is -2.10. The Morgan fingerprint density at radius 2 is 1.44 bits per heavy atom. The van der Waals surface area contributed by atoms with Gasteiger partial charge in [-0.1, -0.05) is 52.4 Å². The smallest absolute Gasteiger partial charge is 0.223 e. The molecule has 0 amide bonds. The molecule has 0 bridgehead atoms. The predicted molar refractivity (Wildman–Crippen MR) is 65.1 cm³/mol. The van der Waals surface area contributed by atoms with Gasteiger partial charge in [-0.15, -0.1) is 0 Å². The summed E-state index contributed by atoms with van der Waals surface area (Å²) in [5.41, 5.74) is 0. The van der Waals surface area contributed by atoms with Crippen LogP contribution in [0.4, 0.5) is 0 Å². The lowest BCUT2D eigenvalue weighted by Crippen LogP contribution is -2.37. The summed E-state index contributed by atoms with van der Waals surface area (Å²) in [6, 6.07) is 0. The van der Waals surface area contributed by atoms with E-state index in [1.807, 2.05) is 0 Å². The lowest BCUT2D eigenvalue weighted by molar-refractivity contribution is -0.183. The number of carbonyl (C=O) groups is 1. The highest BCUT2D eigenvalue weighted by molar-refractivity contribution is 5.85. The zero-order chi connectivity index (χ0) is 12.4. The van der Waals surface area contributed by atoms with Crippen molar-refractivity contribution in [2.24, 2.45) is 0 Å². The van der Waals surface area contributed by atoms with E-state index in [1.165, 1.54) is 25.7 Å². The van der Waals surface area contributed by atoms with Gasteiger partial charge in [-0.05, 0) is 6.42 Å². The topological polar surface area (TPSA) is 57.5 Å². The van der Waals surface area contributed by atoms with E-state index < -0.39 is 11.6 Å². The van der Waals surface area contributed by atoms with Gasteiger partial charge in [0.15, 0.2) is 5.78 Å². The summed E-state index contributed by atoms with van der Waals surface area (Å²) in [6.07, 6.45) is 8.30. The highest BCUT2D eigenvalue weighted by Gasteiger charge is 2.29. The second kappa shape index (κ2) is 8.71. The Morgan fingerprint density at radius 1 is 0.938 bits per heavy atom. The van der Waals surface area contributed by atoms with Gasteiger partial charge >= 0.3 is 0 Å². The first-order valence-corrected chi connectivity index (χ1v) is 6.52. The van der Waals surface area contributed by atoms with Gasteiger partial charge in [0.05, 0.1) is 0 Å². The fraction of sp³-hybridized carbons (Fsp3) is 0.923. The van der Waals surface area contributed by atoms with E-state index in [2.05, 4.69) is 6.92 Å². The van der Waals surface area contributed by atoms with Crippen molar-refractivity contribution in [1.82, 2.24) is 0 Å². The number of unbranched alkanes of at least 4 members (excludes halogenated alkanes) is 6. The largest absolute Gasteiger partial charge is 0.360 e. The zero-order valence-electron chi connectivity index (χ0n) is 10.7. The Hall–Kier alpha value is -0.410. The molecule has 0 radical (unpaired) electrons. The van der Waals surface area contributed by atoms with Crippen molar-refractivity contribution in [1.29, 1.82) is 0 Å². The molecule has 2 N–H and O–H groups in total. The van der Waals surface area contributed by atoms with Crippen molar-refractivity contribution in [3.63, 3.8) is 0 Å². The molecular weight excluding hydrogens is 204 g/mol. The summed E-state index contributed by atoms with van der Waals surface area (Å²) in [5, 5.41) is 18.5. The number of rotatable bonds is 10. The van der Waals surface area contributed by atoms with Crippen LogP contribution in [0.5, 0.6) is 0 Å². The van der Waals surface area contributed by atoms with Crippen LogP contribution >= 0.6 is 0 Å². The normalized spacial score (nSPS) is 11.8. The SMILES string of the molecule is CCCCCCCCCC(=O)C(O)(O)CC. The van der Waals surface area contributed by atoms with E-state index in [1.54, 1.807) is 6.92 Å². The quantitative estimate of drug-likeness (QED) is 0.448. The molecule has 96 valence electrons.